The molecule has 0 spiro atoms. The molecule has 0 saturated carbocycles. The van der Waals surface area contributed by atoms with Crippen molar-refractivity contribution in [1.82, 2.24) is 15.5 Å². The first-order valence-corrected chi connectivity index (χ1v) is 5.99. The Balaban J connectivity index is 2.33. The predicted octanol–water partition coefficient (Wildman–Crippen LogP) is 2.79. The van der Waals surface area contributed by atoms with E-state index in [1.807, 2.05) is 6.92 Å². The Morgan fingerprint density at radius 3 is 2.89 bits per heavy atom. The summed E-state index contributed by atoms with van der Waals surface area (Å²) in [6.07, 6.45) is 1.68. The molecule has 2 aromatic rings. The van der Waals surface area contributed by atoms with Crippen LogP contribution in [0, 0.1) is 0 Å². The van der Waals surface area contributed by atoms with Gasteiger partial charge < -0.3 is 10.1 Å². The minimum Gasteiger partial charge on any atom is -0.434 e. The van der Waals surface area contributed by atoms with Crippen LogP contribution in [0.2, 0.25) is 0 Å². The average molecular weight is 267 g/mol. The Morgan fingerprint density at radius 1 is 1.37 bits per heavy atom. The minimum absolute atomic E-state index is 0.138. The van der Waals surface area contributed by atoms with Crippen LogP contribution >= 0.6 is 0 Å². The summed E-state index contributed by atoms with van der Waals surface area (Å²) in [5, 5.41) is 9.97. The van der Waals surface area contributed by atoms with Gasteiger partial charge in [-0.15, -0.1) is 0 Å². The predicted molar refractivity (Wildman–Crippen MR) is 68.0 cm³/mol. The number of ether oxygens (including phenoxy) is 1. The van der Waals surface area contributed by atoms with Crippen LogP contribution in [0.4, 0.5) is 8.78 Å². The maximum atomic E-state index is 12.4. The summed E-state index contributed by atoms with van der Waals surface area (Å²) in [6.45, 7) is 0.583. The van der Waals surface area contributed by atoms with Crippen LogP contribution in [0.1, 0.15) is 12.5 Å². The summed E-state index contributed by atoms with van der Waals surface area (Å²) in [5.74, 6) is 0.138. The molecule has 1 heterocycles. The lowest BCUT2D eigenvalue weighted by Gasteiger charge is -2.10. The van der Waals surface area contributed by atoms with E-state index in [4.69, 9.17) is 0 Å². The first-order valence-electron chi connectivity index (χ1n) is 5.99. The van der Waals surface area contributed by atoms with Gasteiger partial charge >= 0.3 is 6.61 Å². The second kappa shape index (κ2) is 6.29. The van der Waals surface area contributed by atoms with Crippen molar-refractivity contribution in [2.75, 3.05) is 6.54 Å². The lowest BCUT2D eigenvalue weighted by molar-refractivity contribution is -0.0494. The quantitative estimate of drug-likeness (QED) is 0.846. The van der Waals surface area contributed by atoms with Gasteiger partial charge in [0, 0.05) is 17.7 Å². The number of hydrogen-bond donors (Lipinski definition) is 2. The molecule has 1 aromatic carbocycles. The van der Waals surface area contributed by atoms with Crippen LogP contribution in [-0.2, 0) is 6.54 Å². The summed E-state index contributed by atoms with van der Waals surface area (Å²) in [4.78, 5) is 0. The van der Waals surface area contributed by atoms with Gasteiger partial charge in [0.15, 0.2) is 0 Å². The van der Waals surface area contributed by atoms with Crippen LogP contribution in [0.5, 0.6) is 5.75 Å². The van der Waals surface area contributed by atoms with Gasteiger partial charge in [0.2, 0.25) is 0 Å². The number of nitrogens with one attached hydrogen (secondary N) is 2. The van der Waals surface area contributed by atoms with E-state index in [2.05, 4.69) is 20.3 Å². The van der Waals surface area contributed by atoms with Crippen LogP contribution in [-0.4, -0.2) is 23.4 Å². The van der Waals surface area contributed by atoms with Crippen molar-refractivity contribution < 1.29 is 13.5 Å². The summed E-state index contributed by atoms with van der Waals surface area (Å²) in [7, 11) is 0. The number of nitrogens with zero attached hydrogens (tertiary/aromatic N) is 1. The Hall–Kier alpha value is -1.95. The third-order valence-corrected chi connectivity index (χ3v) is 2.66. The molecular formula is C13H15F2N3O. The molecule has 0 atom stereocenters. The van der Waals surface area contributed by atoms with Crippen molar-refractivity contribution in [3.63, 3.8) is 0 Å². The molecule has 0 unspecified atom stereocenters. The Morgan fingerprint density at radius 2 is 2.16 bits per heavy atom. The van der Waals surface area contributed by atoms with E-state index in [9.17, 15) is 8.78 Å². The zero-order valence-electron chi connectivity index (χ0n) is 10.5. The number of aromatic amines is 1. The topological polar surface area (TPSA) is 49.9 Å². The lowest BCUT2D eigenvalue weighted by atomic mass is 10.1. The Kier molecular flexibility index (Phi) is 4.46. The van der Waals surface area contributed by atoms with Crippen LogP contribution in [0.3, 0.4) is 0 Å². The highest BCUT2D eigenvalue weighted by atomic mass is 19.3. The fourth-order valence-corrected chi connectivity index (χ4v) is 1.81. The van der Waals surface area contributed by atoms with E-state index in [-0.39, 0.29) is 5.75 Å². The maximum Gasteiger partial charge on any atom is 0.387 e. The van der Waals surface area contributed by atoms with Crippen molar-refractivity contribution >= 4 is 0 Å². The van der Waals surface area contributed by atoms with E-state index in [0.29, 0.717) is 17.8 Å². The van der Waals surface area contributed by atoms with E-state index < -0.39 is 6.61 Å². The smallest absolute Gasteiger partial charge is 0.387 e. The van der Waals surface area contributed by atoms with E-state index in [1.165, 1.54) is 6.07 Å². The third kappa shape index (κ3) is 3.29. The molecule has 102 valence electrons. The first-order chi connectivity index (χ1) is 9.22. The summed E-state index contributed by atoms with van der Waals surface area (Å²) < 4.78 is 29.3. The highest BCUT2D eigenvalue weighted by Gasteiger charge is 2.14. The normalized spacial score (nSPS) is 10.9. The Bertz CT molecular complexity index is 528. The minimum atomic E-state index is -2.85. The SMILES string of the molecule is CCNCc1cn[nH]c1-c1ccccc1OC(F)F. The molecule has 0 radical (unpaired) electrons. The molecule has 0 amide bonds. The largest absolute Gasteiger partial charge is 0.434 e. The van der Waals surface area contributed by atoms with E-state index in [0.717, 1.165) is 12.1 Å². The highest BCUT2D eigenvalue weighted by Crippen LogP contribution is 2.31. The molecule has 6 heteroatoms. The molecule has 0 bridgehead atoms. The Labute approximate surface area is 109 Å². The van der Waals surface area contributed by atoms with Gasteiger partial charge in [-0.1, -0.05) is 19.1 Å². The average Bonchev–Trinajstić information content (AvgIpc) is 2.84. The molecule has 4 nitrogen and oxygen atoms in total. The molecule has 0 fully saturated rings. The first kappa shape index (κ1) is 13.5. The zero-order chi connectivity index (χ0) is 13.7. The second-order valence-corrected chi connectivity index (χ2v) is 3.93. The zero-order valence-corrected chi connectivity index (χ0v) is 10.5. The molecular weight excluding hydrogens is 252 g/mol. The van der Waals surface area contributed by atoms with Gasteiger partial charge in [-0.3, -0.25) is 5.10 Å². The van der Waals surface area contributed by atoms with Gasteiger partial charge in [0.25, 0.3) is 0 Å². The van der Waals surface area contributed by atoms with Crippen molar-refractivity contribution in [1.29, 1.82) is 0 Å². The maximum absolute atomic E-state index is 12.4. The van der Waals surface area contributed by atoms with Gasteiger partial charge in [-0.2, -0.15) is 13.9 Å². The van der Waals surface area contributed by atoms with Gasteiger partial charge in [-0.25, -0.2) is 0 Å². The lowest BCUT2D eigenvalue weighted by Crippen LogP contribution is -2.12. The van der Waals surface area contributed by atoms with Crippen LogP contribution in [0.25, 0.3) is 11.3 Å². The monoisotopic (exact) mass is 267 g/mol. The fourth-order valence-electron chi connectivity index (χ4n) is 1.81. The van der Waals surface area contributed by atoms with Crippen molar-refractivity contribution in [3.8, 4) is 17.0 Å². The highest BCUT2D eigenvalue weighted by molar-refractivity contribution is 5.69. The second-order valence-electron chi connectivity index (χ2n) is 3.93. The van der Waals surface area contributed by atoms with Crippen molar-refractivity contribution in [2.24, 2.45) is 0 Å². The summed E-state index contributed by atoms with van der Waals surface area (Å²) >= 11 is 0. The fraction of sp³-hybridized carbons (Fsp3) is 0.308. The number of hydrogen-bond acceptors (Lipinski definition) is 3. The number of benzene rings is 1. The van der Waals surface area contributed by atoms with Crippen molar-refractivity contribution in [2.45, 2.75) is 20.1 Å². The summed E-state index contributed by atoms with van der Waals surface area (Å²) in [6, 6.07) is 6.66. The molecule has 0 aliphatic carbocycles. The number of aromatic nitrogens is 2. The molecule has 1 aromatic heterocycles. The number of H-pyrrole nitrogens is 1. The van der Waals surface area contributed by atoms with Crippen LogP contribution < -0.4 is 10.1 Å². The van der Waals surface area contributed by atoms with E-state index >= 15 is 0 Å². The molecule has 0 aliphatic heterocycles. The van der Waals surface area contributed by atoms with Gasteiger partial charge in [0.05, 0.1) is 11.9 Å². The van der Waals surface area contributed by atoms with Crippen molar-refractivity contribution in [3.05, 3.63) is 36.0 Å². The number of para-hydroxylation sites is 1. The third-order valence-electron chi connectivity index (χ3n) is 2.66. The molecule has 0 saturated heterocycles. The number of halogens is 2. The van der Waals surface area contributed by atoms with Gasteiger partial charge in [-0.05, 0) is 18.7 Å². The van der Waals surface area contributed by atoms with Gasteiger partial charge in [0.1, 0.15) is 5.75 Å². The number of rotatable bonds is 6. The number of alkyl halides is 2. The summed E-state index contributed by atoms with van der Waals surface area (Å²) in [5.41, 5.74) is 2.18. The van der Waals surface area contributed by atoms with E-state index in [1.54, 1.807) is 24.4 Å². The van der Waals surface area contributed by atoms with Crippen LogP contribution in [0.15, 0.2) is 30.5 Å². The molecule has 0 aliphatic rings. The standard InChI is InChI=1S/C13H15F2N3O/c1-2-16-7-9-8-17-18-12(9)10-5-3-4-6-11(10)19-13(14)15/h3-6,8,13,16H,2,7H2,1H3,(H,17,18). The molecule has 2 N–H and O–H groups in total. The molecule has 2 rings (SSSR count). The molecule has 19 heavy (non-hydrogen) atoms.